The first-order valence-electron chi connectivity index (χ1n) is 8.78. The van der Waals surface area contributed by atoms with Gasteiger partial charge in [-0.2, -0.15) is 0 Å². The Morgan fingerprint density at radius 2 is 1.77 bits per heavy atom. The SMILES string of the molecule is Cc1ccccc1SCC(=O)OC(C)C(=O)NCC(=O)Nc1ccc(F)c(F)c1F. The fourth-order valence-corrected chi connectivity index (χ4v) is 3.08. The summed E-state index contributed by atoms with van der Waals surface area (Å²) >= 11 is 1.27. The second-order valence-corrected chi connectivity index (χ2v) is 7.19. The fraction of sp³-hybridized carbons (Fsp3) is 0.250. The monoisotopic (exact) mass is 440 g/mol. The lowest BCUT2D eigenvalue weighted by molar-refractivity contribution is -0.152. The van der Waals surface area contributed by atoms with Crippen molar-refractivity contribution in [3.63, 3.8) is 0 Å². The van der Waals surface area contributed by atoms with E-state index in [0.717, 1.165) is 16.5 Å². The molecule has 0 bridgehead atoms. The van der Waals surface area contributed by atoms with Crippen LogP contribution in [0.1, 0.15) is 12.5 Å². The van der Waals surface area contributed by atoms with Gasteiger partial charge >= 0.3 is 5.97 Å². The number of anilines is 1. The summed E-state index contributed by atoms with van der Waals surface area (Å²) in [6.07, 6.45) is -1.16. The summed E-state index contributed by atoms with van der Waals surface area (Å²) in [5, 5.41) is 4.22. The molecule has 30 heavy (non-hydrogen) atoms. The zero-order valence-corrected chi connectivity index (χ0v) is 16.9. The van der Waals surface area contributed by atoms with E-state index in [-0.39, 0.29) is 5.75 Å². The van der Waals surface area contributed by atoms with E-state index in [1.165, 1.54) is 18.7 Å². The number of amides is 2. The van der Waals surface area contributed by atoms with Crippen molar-refractivity contribution in [3.05, 3.63) is 59.4 Å². The summed E-state index contributed by atoms with van der Waals surface area (Å²) in [5.74, 6) is -6.90. The first kappa shape index (κ1) is 23.3. The van der Waals surface area contributed by atoms with Crippen LogP contribution in [0.5, 0.6) is 0 Å². The van der Waals surface area contributed by atoms with Gasteiger partial charge in [-0.05, 0) is 37.6 Å². The lowest BCUT2D eigenvalue weighted by Gasteiger charge is -2.14. The summed E-state index contributed by atoms with van der Waals surface area (Å²) in [7, 11) is 0. The van der Waals surface area contributed by atoms with E-state index < -0.39 is 53.6 Å². The summed E-state index contributed by atoms with van der Waals surface area (Å²) in [6, 6.07) is 8.99. The molecule has 0 aromatic heterocycles. The highest BCUT2D eigenvalue weighted by Gasteiger charge is 2.20. The largest absolute Gasteiger partial charge is 0.452 e. The number of nitrogens with one attached hydrogen (secondary N) is 2. The third-order valence-electron chi connectivity index (χ3n) is 3.85. The molecule has 0 aliphatic heterocycles. The highest BCUT2D eigenvalue weighted by Crippen LogP contribution is 2.22. The first-order valence-corrected chi connectivity index (χ1v) is 9.76. The van der Waals surface area contributed by atoms with Gasteiger partial charge < -0.3 is 15.4 Å². The maximum Gasteiger partial charge on any atom is 0.317 e. The van der Waals surface area contributed by atoms with Crippen molar-refractivity contribution in [3.8, 4) is 0 Å². The van der Waals surface area contributed by atoms with E-state index in [2.05, 4.69) is 5.32 Å². The van der Waals surface area contributed by atoms with Gasteiger partial charge in [-0.15, -0.1) is 11.8 Å². The van der Waals surface area contributed by atoms with Crippen LogP contribution in [-0.2, 0) is 19.1 Å². The van der Waals surface area contributed by atoms with Gasteiger partial charge in [0.05, 0.1) is 18.0 Å². The van der Waals surface area contributed by atoms with Gasteiger partial charge in [-0.3, -0.25) is 14.4 Å². The first-order chi connectivity index (χ1) is 14.2. The zero-order chi connectivity index (χ0) is 22.3. The predicted octanol–water partition coefficient (Wildman–Crippen LogP) is 3.19. The molecule has 0 saturated heterocycles. The number of hydrogen-bond acceptors (Lipinski definition) is 5. The Morgan fingerprint density at radius 1 is 1.07 bits per heavy atom. The normalized spacial score (nSPS) is 11.5. The third kappa shape index (κ3) is 6.51. The Morgan fingerprint density at radius 3 is 2.47 bits per heavy atom. The molecular formula is C20H19F3N2O4S. The molecule has 0 radical (unpaired) electrons. The van der Waals surface area contributed by atoms with Crippen LogP contribution >= 0.6 is 11.8 Å². The summed E-state index contributed by atoms with van der Waals surface area (Å²) in [5.41, 5.74) is 0.436. The van der Waals surface area contributed by atoms with Crippen LogP contribution in [-0.4, -0.2) is 36.2 Å². The number of hydrogen-bond donors (Lipinski definition) is 2. The molecule has 1 atom stereocenters. The molecule has 2 N–H and O–H groups in total. The van der Waals surface area contributed by atoms with E-state index in [1.54, 1.807) is 0 Å². The van der Waals surface area contributed by atoms with Crippen LogP contribution in [0.4, 0.5) is 18.9 Å². The summed E-state index contributed by atoms with van der Waals surface area (Å²) < 4.78 is 44.6. The van der Waals surface area contributed by atoms with E-state index in [1.807, 2.05) is 36.5 Å². The minimum Gasteiger partial charge on any atom is -0.452 e. The average Bonchev–Trinajstić information content (AvgIpc) is 2.71. The number of benzene rings is 2. The molecule has 10 heteroatoms. The Labute approximate surface area is 175 Å². The van der Waals surface area contributed by atoms with Gasteiger partial charge in [0.1, 0.15) is 0 Å². The predicted molar refractivity (Wildman–Crippen MR) is 105 cm³/mol. The quantitative estimate of drug-likeness (QED) is 0.374. The van der Waals surface area contributed by atoms with Crippen LogP contribution in [0.25, 0.3) is 0 Å². The van der Waals surface area contributed by atoms with Crippen LogP contribution < -0.4 is 10.6 Å². The number of esters is 1. The van der Waals surface area contributed by atoms with Crippen molar-refractivity contribution >= 4 is 35.2 Å². The van der Waals surface area contributed by atoms with Gasteiger partial charge in [0.25, 0.3) is 5.91 Å². The molecule has 160 valence electrons. The number of carbonyl (C=O) groups is 3. The number of rotatable bonds is 8. The second-order valence-electron chi connectivity index (χ2n) is 6.18. The molecule has 0 aliphatic carbocycles. The van der Waals surface area contributed by atoms with E-state index in [9.17, 15) is 27.6 Å². The van der Waals surface area contributed by atoms with Gasteiger partial charge in [-0.25, -0.2) is 13.2 Å². The molecule has 0 heterocycles. The minimum absolute atomic E-state index is 0.00162. The standard InChI is InChI=1S/C20H19F3N2O4S/c1-11-5-3-4-6-15(11)30-10-17(27)29-12(2)20(28)24-9-16(26)25-14-8-7-13(21)18(22)19(14)23/h3-8,12H,9-10H2,1-2H3,(H,24,28)(H,25,26). The smallest absolute Gasteiger partial charge is 0.317 e. The van der Waals surface area contributed by atoms with Crippen molar-refractivity contribution in [2.45, 2.75) is 24.8 Å². The maximum atomic E-state index is 13.5. The zero-order valence-electron chi connectivity index (χ0n) is 16.1. The Balaban J connectivity index is 1.77. The van der Waals surface area contributed by atoms with Crippen molar-refractivity contribution < 1.29 is 32.3 Å². The maximum absolute atomic E-state index is 13.5. The minimum atomic E-state index is -1.72. The molecule has 6 nitrogen and oxygen atoms in total. The van der Waals surface area contributed by atoms with Gasteiger partial charge in [0, 0.05) is 4.90 Å². The van der Waals surface area contributed by atoms with Crippen molar-refractivity contribution in [2.75, 3.05) is 17.6 Å². The number of halogens is 3. The molecule has 2 amide bonds. The second kappa shape index (κ2) is 10.7. The highest BCUT2D eigenvalue weighted by molar-refractivity contribution is 8.00. The lowest BCUT2D eigenvalue weighted by Crippen LogP contribution is -2.40. The van der Waals surface area contributed by atoms with E-state index in [0.29, 0.717) is 6.07 Å². The number of thioether (sulfide) groups is 1. The van der Waals surface area contributed by atoms with E-state index >= 15 is 0 Å². The molecular weight excluding hydrogens is 421 g/mol. The number of ether oxygens (including phenoxy) is 1. The summed E-state index contributed by atoms with van der Waals surface area (Å²) in [6.45, 7) is 2.65. The highest BCUT2D eigenvalue weighted by atomic mass is 32.2. The topological polar surface area (TPSA) is 84.5 Å². The van der Waals surface area contributed by atoms with Gasteiger partial charge in [0.15, 0.2) is 23.6 Å². The Bertz CT molecular complexity index is 956. The van der Waals surface area contributed by atoms with Gasteiger partial charge in [0.2, 0.25) is 5.91 Å². The molecule has 2 aromatic carbocycles. The Kier molecular flexibility index (Phi) is 8.28. The third-order valence-corrected chi connectivity index (χ3v) is 5.00. The van der Waals surface area contributed by atoms with Crippen LogP contribution in [0, 0.1) is 24.4 Å². The van der Waals surface area contributed by atoms with E-state index in [4.69, 9.17) is 4.74 Å². The molecule has 2 aromatic rings. The molecule has 0 spiro atoms. The molecule has 0 fully saturated rings. The summed E-state index contributed by atoms with van der Waals surface area (Å²) in [4.78, 5) is 36.6. The lowest BCUT2D eigenvalue weighted by atomic mass is 10.2. The average molecular weight is 440 g/mol. The van der Waals surface area contributed by atoms with Crippen molar-refractivity contribution in [1.82, 2.24) is 5.32 Å². The van der Waals surface area contributed by atoms with Crippen molar-refractivity contribution in [1.29, 1.82) is 0 Å². The fourth-order valence-electron chi connectivity index (χ4n) is 2.27. The number of carbonyl (C=O) groups excluding carboxylic acids is 3. The van der Waals surface area contributed by atoms with Crippen LogP contribution in [0.15, 0.2) is 41.3 Å². The van der Waals surface area contributed by atoms with Crippen molar-refractivity contribution in [2.24, 2.45) is 0 Å². The van der Waals surface area contributed by atoms with Crippen LogP contribution in [0.2, 0.25) is 0 Å². The molecule has 2 rings (SSSR count). The molecule has 1 unspecified atom stereocenters. The van der Waals surface area contributed by atoms with Crippen LogP contribution in [0.3, 0.4) is 0 Å². The molecule has 0 saturated carbocycles. The Hall–Kier alpha value is -3.01. The van der Waals surface area contributed by atoms with Gasteiger partial charge in [-0.1, -0.05) is 18.2 Å². The number of aryl methyl sites for hydroxylation is 1. The molecule has 0 aliphatic rings.